The predicted molar refractivity (Wildman–Crippen MR) is 80.3 cm³/mol. The summed E-state index contributed by atoms with van der Waals surface area (Å²) in [4.78, 5) is 12.6. The number of benzene rings is 1. The normalized spacial score (nSPS) is 19.3. The summed E-state index contributed by atoms with van der Waals surface area (Å²) in [5.74, 6) is 1.20. The van der Waals surface area contributed by atoms with Crippen molar-refractivity contribution >= 4 is 5.78 Å². The number of hydrogen-bond donors (Lipinski definition) is 1. The van der Waals surface area contributed by atoms with Crippen LogP contribution < -0.4 is 14.8 Å². The van der Waals surface area contributed by atoms with Crippen LogP contribution in [0.1, 0.15) is 30.1 Å². The van der Waals surface area contributed by atoms with E-state index in [1.165, 1.54) is 0 Å². The molecular weight excluding hydrogens is 270 g/mol. The van der Waals surface area contributed by atoms with Crippen LogP contribution in [0, 0.1) is 0 Å². The number of methoxy groups -OCH3 is 2. The van der Waals surface area contributed by atoms with Crippen LogP contribution in [-0.4, -0.2) is 45.3 Å². The van der Waals surface area contributed by atoms with Crippen molar-refractivity contribution in [2.24, 2.45) is 0 Å². The highest BCUT2D eigenvalue weighted by Gasteiger charge is 2.22. The molecular formula is C16H23NO4. The van der Waals surface area contributed by atoms with Gasteiger partial charge in [-0.25, -0.2) is 0 Å². The molecule has 0 aromatic heterocycles. The largest absolute Gasteiger partial charge is 0.497 e. The van der Waals surface area contributed by atoms with Gasteiger partial charge in [0.15, 0.2) is 5.78 Å². The Morgan fingerprint density at radius 3 is 2.86 bits per heavy atom. The van der Waals surface area contributed by atoms with Crippen LogP contribution in [0.2, 0.25) is 0 Å². The van der Waals surface area contributed by atoms with E-state index >= 15 is 0 Å². The van der Waals surface area contributed by atoms with Crippen molar-refractivity contribution in [1.29, 1.82) is 0 Å². The number of ketones is 1. The van der Waals surface area contributed by atoms with E-state index in [0.29, 0.717) is 23.6 Å². The summed E-state index contributed by atoms with van der Waals surface area (Å²) in [6.07, 6.45) is 2.36. The summed E-state index contributed by atoms with van der Waals surface area (Å²) in [5.41, 5.74) is 0.532. The molecule has 1 aromatic rings. The van der Waals surface area contributed by atoms with Gasteiger partial charge in [0.1, 0.15) is 11.5 Å². The van der Waals surface area contributed by atoms with E-state index in [2.05, 4.69) is 5.32 Å². The molecule has 1 aromatic carbocycles. The average molecular weight is 293 g/mol. The van der Waals surface area contributed by atoms with Crippen molar-refractivity contribution in [1.82, 2.24) is 5.32 Å². The molecule has 0 spiro atoms. The first-order valence-corrected chi connectivity index (χ1v) is 7.27. The number of hydrogen-bond acceptors (Lipinski definition) is 5. The van der Waals surface area contributed by atoms with Crippen LogP contribution in [0.25, 0.3) is 0 Å². The van der Waals surface area contributed by atoms with Crippen molar-refractivity contribution in [3.05, 3.63) is 23.8 Å². The van der Waals surface area contributed by atoms with Gasteiger partial charge in [-0.15, -0.1) is 0 Å². The van der Waals surface area contributed by atoms with Gasteiger partial charge < -0.3 is 19.5 Å². The third-order valence-corrected chi connectivity index (χ3v) is 3.74. The first-order valence-electron chi connectivity index (χ1n) is 7.27. The Hall–Kier alpha value is -1.59. The minimum atomic E-state index is -0.296. The third kappa shape index (κ3) is 3.95. The molecule has 1 fully saturated rings. The second-order valence-electron chi connectivity index (χ2n) is 5.20. The van der Waals surface area contributed by atoms with Gasteiger partial charge in [0.25, 0.3) is 0 Å². The Kier molecular flexibility index (Phi) is 5.59. The zero-order chi connectivity index (χ0) is 15.2. The lowest BCUT2D eigenvalue weighted by molar-refractivity contribution is 0.0900. The molecule has 5 nitrogen and oxygen atoms in total. The molecule has 0 bridgehead atoms. The zero-order valence-electron chi connectivity index (χ0n) is 12.8. The summed E-state index contributed by atoms with van der Waals surface area (Å²) in [6.45, 7) is 3.37. The molecule has 1 N–H and O–H groups in total. The molecule has 0 aliphatic carbocycles. The number of rotatable bonds is 7. The molecule has 0 saturated carbocycles. The van der Waals surface area contributed by atoms with Gasteiger partial charge in [0.05, 0.1) is 31.9 Å². The lowest BCUT2D eigenvalue weighted by Gasteiger charge is -2.17. The van der Waals surface area contributed by atoms with Crippen LogP contribution in [-0.2, 0) is 4.74 Å². The topological polar surface area (TPSA) is 56.8 Å². The molecule has 1 heterocycles. The van der Waals surface area contributed by atoms with E-state index in [0.717, 1.165) is 19.4 Å². The Bertz CT molecular complexity index is 483. The molecule has 1 saturated heterocycles. The standard InChI is InChI=1S/C16H23NO4/c1-11(17-10-13-5-4-8-21-13)16(18)14-9-12(19-2)6-7-15(14)20-3/h6-7,9,11,13,17H,4-5,8,10H2,1-3H3. The molecule has 1 aliphatic heterocycles. The first kappa shape index (κ1) is 15.8. The fourth-order valence-electron chi connectivity index (χ4n) is 2.45. The molecule has 2 unspecified atom stereocenters. The fraction of sp³-hybridized carbons (Fsp3) is 0.562. The van der Waals surface area contributed by atoms with Gasteiger partial charge in [0, 0.05) is 13.2 Å². The molecule has 5 heteroatoms. The highest BCUT2D eigenvalue weighted by atomic mass is 16.5. The van der Waals surface area contributed by atoms with Gasteiger partial charge in [-0.05, 0) is 38.0 Å². The van der Waals surface area contributed by atoms with Gasteiger partial charge in [0.2, 0.25) is 0 Å². The molecule has 0 amide bonds. The van der Waals surface area contributed by atoms with Gasteiger partial charge in [-0.2, -0.15) is 0 Å². The summed E-state index contributed by atoms with van der Waals surface area (Å²) < 4.78 is 16.0. The van der Waals surface area contributed by atoms with Crippen molar-refractivity contribution in [3.8, 4) is 11.5 Å². The maximum Gasteiger partial charge on any atom is 0.183 e. The Morgan fingerprint density at radius 1 is 1.43 bits per heavy atom. The van der Waals surface area contributed by atoms with E-state index in [4.69, 9.17) is 14.2 Å². The number of carbonyl (C=O) groups is 1. The van der Waals surface area contributed by atoms with Crippen LogP contribution >= 0.6 is 0 Å². The Balaban J connectivity index is 2.03. The number of ether oxygens (including phenoxy) is 3. The van der Waals surface area contributed by atoms with E-state index in [1.807, 2.05) is 6.92 Å². The Labute approximate surface area is 125 Å². The van der Waals surface area contributed by atoms with Crippen LogP contribution in [0.4, 0.5) is 0 Å². The highest BCUT2D eigenvalue weighted by Crippen LogP contribution is 2.25. The molecule has 0 radical (unpaired) electrons. The van der Waals surface area contributed by atoms with Crippen molar-refractivity contribution < 1.29 is 19.0 Å². The van der Waals surface area contributed by atoms with Crippen LogP contribution in [0.15, 0.2) is 18.2 Å². The maximum atomic E-state index is 12.6. The SMILES string of the molecule is COc1ccc(OC)c(C(=O)C(C)NCC2CCCO2)c1. The lowest BCUT2D eigenvalue weighted by atomic mass is 10.0. The summed E-state index contributed by atoms with van der Waals surface area (Å²) in [6, 6.07) is 4.94. The minimum absolute atomic E-state index is 0.0104. The van der Waals surface area contributed by atoms with Crippen LogP contribution in [0.5, 0.6) is 11.5 Å². The quantitative estimate of drug-likeness (QED) is 0.780. The number of carbonyl (C=O) groups excluding carboxylic acids is 1. The van der Waals surface area contributed by atoms with E-state index in [9.17, 15) is 4.79 Å². The second-order valence-corrected chi connectivity index (χ2v) is 5.20. The minimum Gasteiger partial charge on any atom is -0.497 e. The van der Waals surface area contributed by atoms with Crippen molar-refractivity contribution in [2.75, 3.05) is 27.4 Å². The van der Waals surface area contributed by atoms with Crippen molar-refractivity contribution in [2.45, 2.75) is 31.9 Å². The van der Waals surface area contributed by atoms with Gasteiger partial charge in [-0.1, -0.05) is 0 Å². The molecule has 116 valence electrons. The van der Waals surface area contributed by atoms with Crippen LogP contribution in [0.3, 0.4) is 0 Å². The molecule has 2 atom stereocenters. The summed E-state index contributed by atoms with van der Waals surface area (Å²) in [7, 11) is 3.14. The molecule has 21 heavy (non-hydrogen) atoms. The summed E-state index contributed by atoms with van der Waals surface area (Å²) >= 11 is 0. The van der Waals surface area contributed by atoms with Crippen molar-refractivity contribution in [3.63, 3.8) is 0 Å². The fourth-order valence-corrected chi connectivity index (χ4v) is 2.45. The van der Waals surface area contributed by atoms with E-state index in [-0.39, 0.29) is 17.9 Å². The molecule has 2 rings (SSSR count). The molecule has 1 aliphatic rings. The third-order valence-electron chi connectivity index (χ3n) is 3.74. The monoisotopic (exact) mass is 293 g/mol. The number of Topliss-reactive ketones (excluding diaryl/α,β-unsaturated/α-hetero) is 1. The number of nitrogens with one attached hydrogen (secondary N) is 1. The van der Waals surface area contributed by atoms with E-state index in [1.54, 1.807) is 32.4 Å². The zero-order valence-corrected chi connectivity index (χ0v) is 12.8. The van der Waals surface area contributed by atoms with Gasteiger partial charge >= 0.3 is 0 Å². The van der Waals surface area contributed by atoms with E-state index < -0.39 is 0 Å². The lowest BCUT2D eigenvalue weighted by Crippen LogP contribution is -2.38. The Morgan fingerprint density at radius 2 is 2.24 bits per heavy atom. The average Bonchev–Trinajstić information content (AvgIpc) is 3.04. The van der Waals surface area contributed by atoms with Gasteiger partial charge in [-0.3, -0.25) is 4.79 Å². The smallest absolute Gasteiger partial charge is 0.183 e. The first-order chi connectivity index (χ1) is 10.2. The maximum absolute atomic E-state index is 12.6. The summed E-state index contributed by atoms with van der Waals surface area (Å²) in [5, 5.41) is 3.24. The predicted octanol–water partition coefficient (Wildman–Crippen LogP) is 2.04. The second kappa shape index (κ2) is 7.43. The highest BCUT2D eigenvalue weighted by molar-refractivity contribution is 6.02.